The summed E-state index contributed by atoms with van der Waals surface area (Å²) in [6.45, 7) is 1.36. The van der Waals surface area contributed by atoms with Crippen molar-refractivity contribution in [2.75, 3.05) is 17.2 Å². The quantitative estimate of drug-likeness (QED) is 0.734. The Morgan fingerprint density at radius 1 is 1.29 bits per heavy atom. The molecule has 0 fully saturated rings. The first-order valence-electron chi connectivity index (χ1n) is 6.88. The molecule has 0 radical (unpaired) electrons. The molecule has 106 valence electrons. The molecule has 0 saturated carbocycles. The van der Waals surface area contributed by atoms with E-state index in [9.17, 15) is 4.39 Å². The number of benzene rings is 2. The molecule has 1 aromatic heterocycles. The topological polar surface area (TPSA) is 55.3 Å². The second-order valence-electron chi connectivity index (χ2n) is 5.25. The van der Waals surface area contributed by atoms with E-state index in [1.807, 2.05) is 18.2 Å². The van der Waals surface area contributed by atoms with Crippen molar-refractivity contribution in [3.8, 4) is 0 Å². The van der Waals surface area contributed by atoms with Crippen LogP contribution < -0.4 is 10.6 Å². The molecule has 0 amide bonds. The lowest BCUT2D eigenvalue weighted by Gasteiger charge is -2.17. The normalized spacial score (nSPS) is 13.9. The van der Waals surface area contributed by atoms with E-state index >= 15 is 0 Å². The number of oxazole rings is 1. The Kier molecular flexibility index (Phi) is 2.60. The van der Waals surface area contributed by atoms with Gasteiger partial charge in [-0.15, -0.1) is 0 Å². The van der Waals surface area contributed by atoms with Crippen molar-refractivity contribution in [1.29, 1.82) is 0 Å². The zero-order chi connectivity index (χ0) is 14.4. The molecule has 3 aromatic rings. The van der Waals surface area contributed by atoms with Gasteiger partial charge >= 0.3 is 0 Å². The van der Waals surface area contributed by atoms with Crippen LogP contribution in [0.25, 0.3) is 11.1 Å². The van der Waals surface area contributed by atoms with Crippen LogP contribution >= 0.6 is 0 Å². The average molecular weight is 283 g/mol. The maximum atomic E-state index is 13.4. The molecular weight excluding hydrogens is 269 g/mol. The van der Waals surface area contributed by atoms with Crippen molar-refractivity contribution < 1.29 is 8.81 Å². The molecule has 0 saturated heterocycles. The van der Waals surface area contributed by atoms with Gasteiger partial charge in [-0.3, -0.25) is 0 Å². The van der Waals surface area contributed by atoms with Crippen LogP contribution in [0.15, 0.2) is 40.8 Å². The summed E-state index contributed by atoms with van der Waals surface area (Å²) >= 11 is 0. The number of rotatable bonds is 2. The van der Waals surface area contributed by atoms with Gasteiger partial charge in [0.2, 0.25) is 5.89 Å². The molecule has 0 atom stereocenters. The largest absolute Gasteiger partial charge is 0.439 e. The average Bonchev–Trinajstić information content (AvgIpc) is 3.04. The lowest BCUT2D eigenvalue weighted by Crippen LogP contribution is -2.19. The van der Waals surface area contributed by atoms with Crippen LogP contribution in [0.5, 0.6) is 0 Å². The Morgan fingerprint density at radius 3 is 3.05 bits per heavy atom. The first kappa shape index (κ1) is 12.2. The number of halogens is 1. The molecular formula is C16H14FN3O. The smallest absolute Gasteiger partial charge is 0.215 e. The van der Waals surface area contributed by atoms with Gasteiger partial charge in [0, 0.05) is 12.2 Å². The van der Waals surface area contributed by atoms with Crippen LogP contribution in [0.1, 0.15) is 11.5 Å². The van der Waals surface area contributed by atoms with Crippen molar-refractivity contribution in [2.45, 2.75) is 13.0 Å². The third-order valence-electron chi connectivity index (χ3n) is 3.86. The number of hydrogen-bond donors (Lipinski definition) is 1. The minimum Gasteiger partial charge on any atom is -0.439 e. The van der Waals surface area contributed by atoms with Crippen molar-refractivity contribution in [2.24, 2.45) is 0 Å². The Balaban J connectivity index is 1.67. The second-order valence-corrected chi connectivity index (χ2v) is 5.25. The van der Waals surface area contributed by atoms with E-state index < -0.39 is 0 Å². The summed E-state index contributed by atoms with van der Waals surface area (Å²) in [5, 5.41) is 0. The molecule has 4 rings (SSSR count). The monoisotopic (exact) mass is 283 g/mol. The minimum absolute atomic E-state index is 0.220. The second kappa shape index (κ2) is 4.48. The highest BCUT2D eigenvalue weighted by Crippen LogP contribution is 2.30. The lowest BCUT2D eigenvalue weighted by molar-refractivity contribution is 0.522. The van der Waals surface area contributed by atoms with E-state index in [4.69, 9.17) is 10.2 Å². The molecule has 0 unspecified atom stereocenters. The summed E-state index contributed by atoms with van der Waals surface area (Å²) in [7, 11) is 0. The maximum Gasteiger partial charge on any atom is 0.215 e. The van der Waals surface area contributed by atoms with Gasteiger partial charge in [-0.25, -0.2) is 9.37 Å². The highest BCUT2D eigenvalue weighted by Gasteiger charge is 2.21. The SMILES string of the molecule is Nc1cccc2oc(CN3CCc4ccc(F)cc43)nc12. The molecule has 1 aliphatic heterocycles. The fourth-order valence-electron chi connectivity index (χ4n) is 2.83. The van der Waals surface area contributed by atoms with Crippen molar-refractivity contribution >= 4 is 22.5 Å². The predicted molar refractivity (Wildman–Crippen MR) is 79.6 cm³/mol. The summed E-state index contributed by atoms with van der Waals surface area (Å²) in [5.41, 5.74) is 9.95. The number of nitrogens with zero attached hydrogens (tertiary/aromatic N) is 2. The Morgan fingerprint density at radius 2 is 2.19 bits per heavy atom. The highest BCUT2D eigenvalue weighted by molar-refractivity contribution is 5.85. The summed E-state index contributed by atoms with van der Waals surface area (Å²) in [5.74, 6) is 0.377. The van der Waals surface area contributed by atoms with Crippen molar-refractivity contribution in [3.05, 3.63) is 53.7 Å². The number of fused-ring (bicyclic) bond motifs is 2. The summed E-state index contributed by atoms with van der Waals surface area (Å²) in [6.07, 6.45) is 0.915. The van der Waals surface area contributed by atoms with Gasteiger partial charge in [-0.05, 0) is 36.2 Å². The Labute approximate surface area is 121 Å². The third-order valence-corrected chi connectivity index (χ3v) is 3.86. The van der Waals surface area contributed by atoms with Gasteiger partial charge in [-0.1, -0.05) is 12.1 Å². The van der Waals surface area contributed by atoms with Crippen molar-refractivity contribution in [3.63, 3.8) is 0 Å². The molecule has 2 heterocycles. The van der Waals surface area contributed by atoms with Crippen LogP contribution in [0.3, 0.4) is 0 Å². The molecule has 0 bridgehead atoms. The van der Waals surface area contributed by atoms with E-state index in [0.29, 0.717) is 29.2 Å². The first-order chi connectivity index (χ1) is 10.2. The number of aromatic nitrogens is 1. The molecule has 2 N–H and O–H groups in total. The van der Waals surface area contributed by atoms with Gasteiger partial charge in [0.1, 0.15) is 11.3 Å². The van der Waals surface area contributed by atoms with Crippen LogP contribution in [-0.2, 0) is 13.0 Å². The minimum atomic E-state index is -0.220. The molecule has 0 aliphatic carbocycles. The number of hydrogen-bond acceptors (Lipinski definition) is 4. The van der Waals surface area contributed by atoms with Gasteiger partial charge in [-0.2, -0.15) is 0 Å². The van der Waals surface area contributed by atoms with Crippen LogP contribution in [0.2, 0.25) is 0 Å². The van der Waals surface area contributed by atoms with Gasteiger partial charge < -0.3 is 15.1 Å². The highest BCUT2D eigenvalue weighted by atomic mass is 19.1. The third kappa shape index (κ3) is 2.01. The standard InChI is InChI=1S/C16H14FN3O/c17-11-5-4-10-6-7-20(13(10)8-11)9-15-19-16-12(18)2-1-3-14(16)21-15/h1-5,8H,6-7,9,18H2. The van der Waals surface area contributed by atoms with Crippen LogP contribution in [-0.4, -0.2) is 11.5 Å². The maximum absolute atomic E-state index is 13.4. The zero-order valence-corrected chi connectivity index (χ0v) is 11.3. The lowest BCUT2D eigenvalue weighted by atomic mass is 10.2. The summed E-state index contributed by atoms with van der Waals surface area (Å²) < 4.78 is 19.1. The van der Waals surface area contributed by atoms with E-state index in [-0.39, 0.29) is 5.82 Å². The molecule has 1 aliphatic rings. The number of anilines is 2. The Bertz CT molecular complexity index is 828. The fourth-order valence-corrected chi connectivity index (χ4v) is 2.83. The number of para-hydroxylation sites is 1. The van der Waals surface area contributed by atoms with Crippen LogP contribution in [0, 0.1) is 5.82 Å². The van der Waals surface area contributed by atoms with Gasteiger partial charge in [0.25, 0.3) is 0 Å². The van der Waals surface area contributed by atoms with Gasteiger partial charge in [0.05, 0.1) is 12.2 Å². The summed E-state index contributed by atoms with van der Waals surface area (Å²) in [6, 6.07) is 10.4. The van der Waals surface area contributed by atoms with Crippen LogP contribution in [0.4, 0.5) is 15.8 Å². The molecule has 5 heteroatoms. The predicted octanol–water partition coefficient (Wildman–Crippen LogP) is 3.11. The van der Waals surface area contributed by atoms with E-state index in [2.05, 4.69) is 9.88 Å². The molecule has 4 nitrogen and oxygen atoms in total. The number of nitrogen functional groups attached to an aromatic ring is 1. The number of nitrogens with two attached hydrogens (primary N) is 1. The molecule has 21 heavy (non-hydrogen) atoms. The van der Waals surface area contributed by atoms with E-state index in [1.54, 1.807) is 12.1 Å². The van der Waals surface area contributed by atoms with E-state index in [1.165, 1.54) is 6.07 Å². The molecule has 0 spiro atoms. The van der Waals surface area contributed by atoms with E-state index in [0.717, 1.165) is 24.2 Å². The van der Waals surface area contributed by atoms with Crippen molar-refractivity contribution in [1.82, 2.24) is 4.98 Å². The zero-order valence-electron chi connectivity index (χ0n) is 11.3. The Hall–Kier alpha value is -2.56. The summed E-state index contributed by atoms with van der Waals surface area (Å²) in [4.78, 5) is 6.53. The fraction of sp³-hybridized carbons (Fsp3) is 0.188. The first-order valence-corrected chi connectivity index (χ1v) is 6.88. The molecule has 2 aromatic carbocycles. The van der Waals surface area contributed by atoms with Gasteiger partial charge in [0.15, 0.2) is 5.58 Å².